The number of fused-ring (bicyclic) bond motifs is 1. The van der Waals surface area contributed by atoms with Crippen LogP contribution in [-0.2, 0) is 20.8 Å². The number of hydrogen-bond donors (Lipinski definition) is 3. The molecule has 1 aromatic carbocycles. The van der Waals surface area contributed by atoms with Gasteiger partial charge in [-0.15, -0.1) is 0 Å². The fourth-order valence-corrected chi connectivity index (χ4v) is 5.63. The van der Waals surface area contributed by atoms with E-state index in [4.69, 9.17) is 14.6 Å². The Labute approximate surface area is 213 Å². The minimum Gasteiger partial charge on any atom is -0.481 e. The number of carbonyl (C=O) groups excluding carboxylic acids is 2. The van der Waals surface area contributed by atoms with Crippen LogP contribution in [0.25, 0.3) is 0 Å². The van der Waals surface area contributed by atoms with E-state index in [1.54, 1.807) is 6.92 Å². The monoisotopic (exact) mass is 504 g/mol. The number of aliphatic carboxylic acids is 1. The average Bonchev–Trinajstić information content (AvgIpc) is 2.77. The van der Waals surface area contributed by atoms with Crippen molar-refractivity contribution in [1.82, 2.24) is 10.4 Å². The summed E-state index contributed by atoms with van der Waals surface area (Å²) >= 11 is 0. The molecule has 0 spiro atoms. The van der Waals surface area contributed by atoms with E-state index in [0.29, 0.717) is 37.2 Å². The van der Waals surface area contributed by atoms with E-state index in [2.05, 4.69) is 5.32 Å². The van der Waals surface area contributed by atoms with Crippen LogP contribution in [0, 0.1) is 20.8 Å². The van der Waals surface area contributed by atoms with E-state index < -0.39 is 28.6 Å². The molecule has 0 bridgehead atoms. The minimum absolute atomic E-state index is 0.107. The van der Waals surface area contributed by atoms with Gasteiger partial charge in [0, 0.05) is 29.1 Å². The van der Waals surface area contributed by atoms with Gasteiger partial charge in [-0.1, -0.05) is 0 Å². The number of hydrogen-bond acceptors (Lipinski definition) is 7. The molecule has 1 amide bonds. The maximum atomic E-state index is 13.5. The molecule has 1 fully saturated rings. The van der Waals surface area contributed by atoms with Crippen LogP contribution < -0.4 is 14.8 Å². The predicted octanol–water partition coefficient (Wildman–Crippen LogP) is 3.99. The Hall–Kier alpha value is -2.65. The normalized spacial score (nSPS) is 23.4. The van der Waals surface area contributed by atoms with Gasteiger partial charge >= 0.3 is 11.9 Å². The first-order chi connectivity index (χ1) is 16.5. The number of benzene rings is 1. The highest BCUT2D eigenvalue weighted by molar-refractivity contribution is 5.86. The number of amides is 1. The molecule has 0 aromatic heterocycles. The molecular weight excluding hydrogens is 464 g/mol. The third-order valence-electron chi connectivity index (χ3n) is 7.70. The van der Waals surface area contributed by atoms with E-state index in [9.17, 15) is 19.6 Å². The lowest BCUT2D eigenvalue weighted by Gasteiger charge is -2.52. The number of hydroxylamine groups is 2. The maximum absolute atomic E-state index is 13.5. The van der Waals surface area contributed by atoms with Crippen molar-refractivity contribution in [2.45, 2.75) is 117 Å². The summed E-state index contributed by atoms with van der Waals surface area (Å²) in [7, 11) is 0. The Morgan fingerprint density at radius 3 is 2.14 bits per heavy atom. The van der Waals surface area contributed by atoms with Crippen molar-refractivity contribution in [2.24, 2.45) is 0 Å². The molecule has 2 aliphatic rings. The number of carbonyl (C=O) groups is 3. The number of piperidine rings is 1. The largest absolute Gasteiger partial charge is 0.481 e. The number of nitrogens with zero attached hydrogens (tertiary/aromatic N) is 1. The van der Waals surface area contributed by atoms with Crippen LogP contribution in [0.15, 0.2) is 0 Å². The van der Waals surface area contributed by atoms with Crippen LogP contribution in [-0.4, -0.2) is 55.9 Å². The third kappa shape index (κ3) is 5.37. The minimum atomic E-state index is -1.07. The first-order valence-corrected chi connectivity index (χ1v) is 12.5. The number of ether oxygens (including phenoxy) is 2. The van der Waals surface area contributed by atoms with Gasteiger partial charge in [0.05, 0.1) is 12.8 Å². The summed E-state index contributed by atoms with van der Waals surface area (Å²) < 4.78 is 11.9. The number of esters is 1. The first kappa shape index (κ1) is 27.9. The van der Waals surface area contributed by atoms with Crippen LogP contribution in [0.4, 0.5) is 0 Å². The van der Waals surface area contributed by atoms with Crippen molar-refractivity contribution in [3.8, 4) is 11.5 Å². The van der Waals surface area contributed by atoms with Gasteiger partial charge in [0.1, 0.15) is 11.5 Å². The quantitative estimate of drug-likeness (QED) is 0.392. The zero-order valence-electron chi connectivity index (χ0n) is 22.7. The fraction of sp³-hybridized carbons (Fsp3) is 0.667. The smallest absolute Gasteiger partial charge is 0.311 e. The van der Waals surface area contributed by atoms with Crippen molar-refractivity contribution >= 4 is 17.8 Å². The van der Waals surface area contributed by atoms with E-state index >= 15 is 0 Å². The van der Waals surface area contributed by atoms with Crippen molar-refractivity contribution in [1.29, 1.82) is 0 Å². The molecule has 2 heterocycles. The molecule has 1 atom stereocenters. The molecular formula is C27H40N2O7. The second-order valence-corrected chi connectivity index (χ2v) is 11.7. The summed E-state index contributed by atoms with van der Waals surface area (Å²) in [6.07, 6.45) is 1.74. The molecule has 0 aliphatic carbocycles. The molecule has 200 valence electrons. The van der Waals surface area contributed by atoms with Crippen LogP contribution in [0.1, 0.15) is 89.0 Å². The van der Waals surface area contributed by atoms with Gasteiger partial charge in [0.15, 0.2) is 5.60 Å². The molecule has 9 heteroatoms. The van der Waals surface area contributed by atoms with Gasteiger partial charge < -0.3 is 25.1 Å². The third-order valence-corrected chi connectivity index (χ3v) is 7.70. The van der Waals surface area contributed by atoms with E-state index in [1.165, 1.54) is 5.06 Å². The van der Waals surface area contributed by atoms with Crippen molar-refractivity contribution in [2.75, 3.05) is 0 Å². The summed E-state index contributed by atoms with van der Waals surface area (Å²) in [4.78, 5) is 36.5. The summed E-state index contributed by atoms with van der Waals surface area (Å²) in [5.41, 5.74) is 1.12. The molecule has 0 saturated carbocycles. The Bertz CT molecular complexity index is 1060. The van der Waals surface area contributed by atoms with Gasteiger partial charge in [0.2, 0.25) is 0 Å². The zero-order chi connectivity index (χ0) is 27.2. The molecule has 1 saturated heterocycles. The number of carboxylic acids is 1. The highest BCUT2D eigenvalue weighted by Gasteiger charge is 2.48. The molecule has 1 aromatic rings. The molecule has 2 aliphatic heterocycles. The lowest BCUT2D eigenvalue weighted by molar-refractivity contribution is -0.246. The predicted molar refractivity (Wildman–Crippen MR) is 133 cm³/mol. The lowest BCUT2D eigenvalue weighted by atomic mass is 9.78. The average molecular weight is 505 g/mol. The van der Waals surface area contributed by atoms with Crippen molar-refractivity contribution in [3.63, 3.8) is 0 Å². The molecule has 3 N–H and O–H groups in total. The number of nitrogens with one attached hydrogen (secondary N) is 1. The Morgan fingerprint density at radius 1 is 1.00 bits per heavy atom. The highest BCUT2D eigenvalue weighted by atomic mass is 16.5. The summed E-state index contributed by atoms with van der Waals surface area (Å²) in [6.45, 7) is 15.2. The number of rotatable bonds is 6. The molecule has 0 radical (unpaired) electrons. The number of carboxylic acid groups (broad SMARTS) is 1. The molecule has 9 nitrogen and oxygen atoms in total. The molecule has 36 heavy (non-hydrogen) atoms. The van der Waals surface area contributed by atoms with Gasteiger partial charge in [-0.25, -0.2) is 0 Å². The van der Waals surface area contributed by atoms with E-state index in [-0.39, 0.29) is 24.8 Å². The second kappa shape index (κ2) is 9.67. The zero-order valence-corrected chi connectivity index (χ0v) is 22.7. The highest BCUT2D eigenvalue weighted by Crippen LogP contribution is 2.44. The van der Waals surface area contributed by atoms with Crippen LogP contribution >= 0.6 is 0 Å². The van der Waals surface area contributed by atoms with Crippen LogP contribution in [0.3, 0.4) is 0 Å². The van der Waals surface area contributed by atoms with E-state index in [0.717, 1.165) is 22.3 Å². The van der Waals surface area contributed by atoms with E-state index in [1.807, 2.05) is 48.5 Å². The summed E-state index contributed by atoms with van der Waals surface area (Å²) in [5.74, 6) is -0.774. The lowest BCUT2D eigenvalue weighted by Crippen LogP contribution is -2.64. The fourth-order valence-electron chi connectivity index (χ4n) is 5.63. The van der Waals surface area contributed by atoms with Crippen LogP contribution in [0.2, 0.25) is 0 Å². The first-order valence-electron chi connectivity index (χ1n) is 12.5. The molecule has 1 unspecified atom stereocenters. The van der Waals surface area contributed by atoms with Crippen LogP contribution in [0.5, 0.6) is 11.5 Å². The van der Waals surface area contributed by atoms with Gasteiger partial charge in [-0.3, -0.25) is 14.4 Å². The van der Waals surface area contributed by atoms with Gasteiger partial charge in [0.25, 0.3) is 5.91 Å². The van der Waals surface area contributed by atoms with Crippen molar-refractivity contribution < 1.29 is 34.2 Å². The molecule has 3 rings (SSSR count). The standard InChI is InChI=1S/C27H40N2O7/c1-15-16(2)23-19(17(3)22(15)35-21(32)10-9-20(30)31)11-12-27(8,36-23)24(33)28-18-13-25(4,5)29(34)26(6,7)14-18/h18,34H,9-14H2,1-8H3,(H,28,33)(H,30,31). The Balaban J connectivity index is 1.81. The van der Waals surface area contributed by atoms with Crippen molar-refractivity contribution in [3.05, 3.63) is 22.3 Å². The van der Waals surface area contributed by atoms with Gasteiger partial charge in [-0.05, 0) is 91.3 Å². The second-order valence-electron chi connectivity index (χ2n) is 11.7. The van der Waals surface area contributed by atoms with Gasteiger partial charge in [-0.2, -0.15) is 5.06 Å². The summed E-state index contributed by atoms with van der Waals surface area (Å²) in [5, 5.41) is 24.0. The summed E-state index contributed by atoms with van der Waals surface area (Å²) in [6, 6.07) is -0.107. The topological polar surface area (TPSA) is 125 Å². The SMILES string of the molecule is Cc1c(C)c2c(c(C)c1OC(=O)CCC(=O)O)CCC(C)(C(=O)NC1CC(C)(C)N(O)C(C)(C)C1)O2. The Morgan fingerprint density at radius 2 is 1.58 bits per heavy atom. The maximum Gasteiger partial charge on any atom is 0.311 e. The Kier molecular flexibility index (Phi) is 7.50.